The monoisotopic (exact) mass is 330 g/mol. The lowest BCUT2D eigenvalue weighted by Gasteiger charge is -2.13. The lowest BCUT2D eigenvalue weighted by molar-refractivity contribution is 0.0519. The highest BCUT2D eigenvalue weighted by Gasteiger charge is 2.11. The van der Waals surface area contributed by atoms with Gasteiger partial charge in [0.15, 0.2) is 5.69 Å². The number of urea groups is 1. The molecule has 0 aliphatic carbocycles. The summed E-state index contributed by atoms with van der Waals surface area (Å²) in [6.45, 7) is 5.99. The molecule has 2 N–H and O–H groups in total. The van der Waals surface area contributed by atoms with Crippen molar-refractivity contribution in [2.75, 3.05) is 11.9 Å². The predicted octanol–water partition coefficient (Wildman–Crippen LogP) is 2.97. The first kappa shape index (κ1) is 17.5. The standard InChI is InChI=1S/C17H22N4O3/c1-4-12(3)18-17(23)19-13-7-6-8-14(11-13)21-10-9-15(20-21)16(22)24-5-2/h6-12H,4-5H2,1-3H3,(H2,18,19,23)/t12-/m0/s1. The molecule has 1 heterocycles. The van der Waals surface area contributed by atoms with Crippen LogP contribution < -0.4 is 10.6 Å². The summed E-state index contributed by atoms with van der Waals surface area (Å²) < 4.78 is 6.48. The summed E-state index contributed by atoms with van der Waals surface area (Å²) in [7, 11) is 0. The molecule has 0 fully saturated rings. The summed E-state index contributed by atoms with van der Waals surface area (Å²) >= 11 is 0. The number of benzene rings is 1. The van der Waals surface area contributed by atoms with Gasteiger partial charge in [0.25, 0.3) is 0 Å². The van der Waals surface area contributed by atoms with Crippen molar-refractivity contribution >= 4 is 17.7 Å². The van der Waals surface area contributed by atoms with Crippen molar-refractivity contribution in [3.63, 3.8) is 0 Å². The zero-order valence-electron chi connectivity index (χ0n) is 14.1. The Morgan fingerprint density at radius 1 is 1.29 bits per heavy atom. The van der Waals surface area contributed by atoms with E-state index in [9.17, 15) is 9.59 Å². The SMILES string of the molecule is CCOC(=O)c1ccn(-c2cccc(NC(=O)N[C@@H](C)CC)c2)n1. The summed E-state index contributed by atoms with van der Waals surface area (Å²) in [5.74, 6) is -0.460. The predicted molar refractivity (Wildman–Crippen MR) is 91.4 cm³/mol. The molecule has 128 valence electrons. The van der Waals surface area contributed by atoms with E-state index in [1.165, 1.54) is 0 Å². The molecule has 1 aromatic heterocycles. The van der Waals surface area contributed by atoms with Crippen molar-refractivity contribution in [3.8, 4) is 5.69 Å². The van der Waals surface area contributed by atoms with Gasteiger partial charge in [-0.3, -0.25) is 0 Å². The van der Waals surface area contributed by atoms with Crippen molar-refractivity contribution in [2.24, 2.45) is 0 Å². The lowest BCUT2D eigenvalue weighted by Crippen LogP contribution is -2.35. The van der Waals surface area contributed by atoms with Crippen LogP contribution in [0.4, 0.5) is 10.5 Å². The van der Waals surface area contributed by atoms with E-state index in [-0.39, 0.29) is 17.8 Å². The van der Waals surface area contributed by atoms with Gasteiger partial charge in [-0.1, -0.05) is 13.0 Å². The smallest absolute Gasteiger partial charge is 0.358 e. The molecule has 1 aromatic carbocycles. The molecule has 0 bridgehead atoms. The summed E-state index contributed by atoms with van der Waals surface area (Å²) in [4.78, 5) is 23.6. The minimum atomic E-state index is -0.460. The van der Waals surface area contributed by atoms with Crippen LogP contribution >= 0.6 is 0 Å². The molecule has 7 nitrogen and oxygen atoms in total. The van der Waals surface area contributed by atoms with E-state index in [0.29, 0.717) is 12.3 Å². The molecule has 2 rings (SSSR count). The van der Waals surface area contributed by atoms with Crippen molar-refractivity contribution in [3.05, 3.63) is 42.2 Å². The van der Waals surface area contributed by atoms with Crippen LogP contribution in [-0.2, 0) is 4.74 Å². The molecule has 0 aliphatic rings. The third-order valence-electron chi connectivity index (χ3n) is 3.43. The van der Waals surface area contributed by atoms with Crippen LogP contribution in [0.5, 0.6) is 0 Å². The molecule has 2 amide bonds. The molecular formula is C17H22N4O3. The zero-order chi connectivity index (χ0) is 17.5. The number of amides is 2. The number of ether oxygens (including phenoxy) is 1. The summed E-state index contributed by atoms with van der Waals surface area (Å²) in [5.41, 5.74) is 1.61. The number of hydrogen-bond donors (Lipinski definition) is 2. The molecular weight excluding hydrogens is 308 g/mol. The minimum Gasteiger partial charge on any atom is -0.461 e. The van der Waals surface area contributed by atoms with E-state index in [1.807, 2.05) is 19.9 Å². The Bertz CT molecular complexity index is 711. The van der Waals surface area contributed by atoms with Crippen molar-refractivity contribution < 1.29 is 14.3 Å². The van der Waals surface area contributed by atoms with Gasteiger partial charge in [-0.2, -0.15) is 5.10 Å². The van der Waals surface area contributed by atoms with Crippen molar-refractivity contribution in [1.82, 2.24) is 15.1 Å². The summed E-state index contributed by atoms with van der Waals surface area (Å²) in [6.07, 6.45) is 2.53. The average molecular weight is 330 g/mol. The summed E-state index contributed by atoms with van der Waals surface area (Å²) in [5, 5.41) is 9.82. The Balaban J connectivity index is 2.10. The number of hydrogen-bond acceptors (Lipinski definition) is 4. The van der Waals surface area contributed by atoms with Crippen LogP contribution in [0, 0.1) is 0 Å². The fourth-order valence-corrected chi connectivity index (χ4v) is 2.00. The second-order valence-corrected chi connectivity index (χ2v) is 5.32. The number of aromatic nitrogens is 2. The molecule has 1 atom stereocenters. The molecule has 0 saturated heterocycles. The van der Waals surface area contributed by atoms with Gasteiger partial charge in [0.2, 0.25) is 0 Å². The van der Waals surface area contributed by atoms with Crippen LogP contribution in [0.3, 0.4) is 0 Å². The van der Waals surface area contributed by atoms with E-state index >= 15 is 0 Å². The maximum Gasteiger partial charge on any atom is 0.358 e. The van der Waals surface area contributed by atoms with Crippen molar-refractivity contribution in [2.45, 2.75) is 33.2 Å². The number of carbonyl (C=O) groups is 2. The first-order valence-electron chi connectivity index (χ1n) is 7.94. The van der Waals surface area contributed by atoms with Crippen LogP contribution in [-0.4, -0.2) is 34.4 Å². The Morgan fingerprint density at radius 2 is 2.08 bits per heavy atom. The highest BCUT2D eigenvalue weighted by molar-refractivity contribution is 5.89. The lowest BCUT2D eigenvalue weighted by atomic mass is 10.2. The Kier molecular flexibility index (Phi) is 5.95. The van der Waals surface area contributed by atoms with Crippen LogP contribution in [0.15, 0.2) is 36.5 Å². The zero-order valence-corrected chi connectivity index (χ0v) is 14.1. The number of anilines is 1. The fraction of sp³-hybridized carbons (Fsp3) is 0.353. The maximum absolute atomic E-state index is 11.9. The maximum atomic E-state index is 11.9. The molecule has 0 saturated carbocycles. The van der Waals surface area contributed by atoms with E-state index in [4.69, 9.17) is 4.74 Å². The first-order valence-corrected chi connectivity index (χ1v) is 7.94. The first-order chi connectivity index (χ1) is 11.5. The number of esters is 1. The second-order valence-electron chi connectivity index (χ2n) is 5.32. The highest BCUT2D eigenvalue weighted by Crippen LogP contribution is 2.15. The number of carbonyl (C=O) groups excluding carboxylic acids is 2. The van der Waals surface area contributed by atoms with Gasteiger partial charge < -0.3 is 15.4 Å². The van der Waals surface area contributed by atoms with Crippen molar-refractivity contribution in [1.29, 1.82) is 0 Å². The molecule has 0 spiro atoms. The van der Waals surface area contributed by atoms with Gasteiger partial charge in [-0.15, -0.1) is 0 Å². The number of nitrogens with zero attached hydrogens (tertiary/aromatic N) is 2. The van der Waals surface area contributed by atoms with Gasteiger partial charge in [0.1, 0.15) is 0 Å². The Morgan fingerprint density at radius 3 is 2.79 bits per heavy atom. The Labute approximate surface area is 141 Å². The van der Waals surface area contributed by atoms with E-state index < -0.39 is 5.97 Å². The molecule has 0 unspecified atom stereocenters. The fourth-order valence-electron chi connectivity index (χ4n) is 2.00. The van der Waals surface area contributed by atoms with Gasteiger partial charge in [-0.05, 0) is 44.5 Å². The van der Waals surface area contributed by atoms with E-state index in [2.05, 4.69) is 15.7 Å². The van der Waals surface area contributed by atoms with Crippen LogP contribution in [0.25, 0.3) is 5.69 Å². The van der Waals surface area contributed by atoms with Gasteiger partial charge in [-0.25, -0.2) is 14.3 Å². The van der Waals surface area contributed by atoms with Gasteiger partial charge in [0.05, 0.1) is 12.3 Å². The summed E-state index contributed by atoms with van der Waals surface area (Å²) in [6, 6.07) is 8.64. The third-order valence-corrected chi connectivity index (χ3v) is 3.43. The number of nitrogens with one attached hydrogen (secondary N) is 2. The molecule has 2 aromatic rings. The van der Waals surface area contributed by atoms with E-state index in [0.717, 1.165) is 12.1 Å². The van der Waals surface area contributed by atoms with Gasteiger partial charge >= 0.3 is 12.0 Å². The van der Waals surface area contributed by atoms with Crippen LogP contribution in [0.2, 0.25) is 0 Å². The molecule has 24 heavy (non-hydrogen) atoms. The average Bonchev–Trinajstić information content (AvgIpc) is 3.05. The van der Waals surface area contributed by atoms with Crippen LogP contribution in [0.1, 0.15) is 37.7 Å². The third kappa shape index (κ3) is 4.58. The topological polar surface area (TPSA) is 85.2 Å². The highest BCUT2D eigenvalue weighted by atomic mass is 16.5. The largest absolute Gasteiger partial charge is 0.461 e. The van der Waals surface area contributed by atoms with E-state index in [1.54, 1.807) is 42.1 Å². The van der Waals surface area contributed by atoms with Gasteiger partial charge in [0, 0.05) is 17.9 Å². The molecule has 0 radical (unpaired) electrons. The minimum absolute atomic E-state index is 0.103. The second kappa shape index (κ2) is 8.14. The normalized spacial score (nSPS) is 11.6. The number of rotatable bonds is 6. The Hall–Kier alpha value is -2.83. The molecule has 7 heteroatoms. The quantitative estimate of drug-likeness (QED) is 0.797. The molecule has 0 aliphatic heterocycles.